The zero-order chi connectivity index (χ0) is 25.0. The molecule has 3 heterocycles. The first-order valence-electron chi connectivity index (χ1n) is 11.3. The van der Waals surface area contributed by atoms with Crippen molar-refractivity contribution in [3.63, 3.8) is 0 Å². The van der Waals surface area contributed by atoms with Crippen molar-refractivity contribution in [1.82, 2.24) is 29.4 Å². The third-order valence-corrected chi connectivity index (χ3v) is 7.47. The van der Waals surface area contributed by atoms with Crippen molar-refractivity contribution < 1.29 is 8.42 Å². The van der Waals surface area contributed by atoms with Crippen molar-refractivity contribution in [2.45, 2.75) is 32.4 Å². The van der Waals surface area contributed by atoms with E-state index < -0.39 is 10.0 Å². The standard InChI is InChI=1S/C23H27ClN8O2S/c1-3-26-12-16-4-5-21(20(24)10-16)32-15-18(14-28-32)22-17(11-25)13-27-23(30-22)29-19-6-8-31(9-7-19)35(2,33)34/h4-5,10,13-15,19,26H,3,6-9,12H2,1-2H3,(H,27,29,30). The number of nitrogens with one attached hydrogen (secondary N) is 2. The molecule has 0 aliphatic carbocycles. The summed E-state index contributed by atoms with van der Waals surface area (Å²) in [6.07, 6.45) is 7.42. The topological polar surface area (TPSA) is 129 Å². The monoisotopic (exact) mass is 514 g/mol. The number of halogens is 1. The van der Waals surface area contributed by atoms with Crippen molar-refractivity contribution in [2.75, 3.05) is 31.2 Å². The van der Waals surface area contributed by atoms with Crippen LogP contribution >= 0.6 is 11.6 Å². The third kappa shape index (κ3) is 5.97. The molecule has 1 fully saturated rings. The molecule has 1 aliphatic rings. The van der Waals surface area contributed by atoms with Crippen molar-refractivity contribution in [1.29, 1.82) is 5.26 Å². The highest BCUT2D eigenvalue weighted by atomic mass is 35.5. The Morgan fingerprint density at radius 2 is 2.03 bits per heavy atom. The molecule has 0 bridgehead atoms. The minimum absolute atomic E-state index is 0.0380. The number of nitriles is 1. The van der Waals surface area contributed by atoms with Gasteiger partial charge in [0.1, 0.15) is 6.07 Å². The fraction of sp³-hybridized carbons (Fsp3) is 0.391. The second kappa shape index (κ2) is 10.7. The molecule has 3 aromatic rings. The third-order valence-electron chi connectivity index (χ3n) is 5.86. The van der Waals surface area contributed by atoms with Crippen LogP contribution in [0.3, 0.4) is 0 Å². The van der Waals surface area contributed by atoms with E-state index in [2.05, 4.69) is 31.8 Å². The van der Waals surface area contributed by atoms with Gasteiger partial charge in [0.15, 0.2) is 0 Å². The number of piperidine rings is 1. The van der Waals surface area contributed by atoms with E-state index in [-0.39, 0.29) is 6.04 Å². The summed E-state index contributed by atoms with van der Waals surface area (Å²) in [7, 11) is -3.19. The SMILES string of the molecule is CCNCc1ccc(-n2cc(-c3nc(NC4CCN(S(C)(=O)=O)CC4)ncc3C#N)cn2)c(Cl)c1. The number of hydrogen-bond donors (Lipinski definition) is 2. The van der Waals surface area contributed by atoms with Gasteiger partial charge in [0.2, 0.25) is 16.0 Å². The Labute approximate surface area is 210 Å². The van der Waals surface area contributed by atoms with Crippen LogP contribution in [0.5, 0.6) is 0 Å². The van der Waals surface area contributed by atoms with Gasteiger partial charge in [-0.25, -0.2) is 27.4 Å². The minimum atomic E-state index is -3.19. The molecule has 1 saturated heterocycles. The van der Waals surface area contributed by atoms with E-state index in [1.54, 1.807) is 17.1 Å². The van der Waals surface area contributed by atoms with Gasteiger partial charge in [0, 0.05) is 37.4 Å². The fourth-order valence-electron chi connectivity index (χ4n) is 3.96. The Morgan fingerprint density at radius 3 is 2.69 bits per heavy atom. The van der Waals surface area contributed by atoms with Gasteiger partial charge in [-0.1, -0.05) is 24.6 Å². The Kier molecular flexibility index (Phi) is 7.66. The van der Waals surface area contributed by atoms with Gasteiger partial charge in [0.05, 0.1) is 40.6 Å². The molecule has 0 amide bonds. The normalized spacial score (nSPS) is 15.1. The average Bonchev–Trinajstić information content (AvgIpc) is 3.32. The molecule has 10 nitrogen and oxygen atoms in total. The van der Waals surface area contributed by atoms with Crippen molar-refractivity contribution >= 4 is 27.6 Å². The Bertz CT molecular complexity index is 1340. The molecule has 2 N–H and O–H groups in total. The number of hydrogen-bond acceptors (Lipinski definition) is 8. The molecule has 0 saturated carbocycles. The van der Waals surface area contributed by atoms with Crippen LogP contribution in [0.1, 0.15) is 30.9 Å². The quantitative estimate of drug-likeness (QED) is 0.469. The van der Waals surface area contributed by atoms with Gasteiger partial charge in [-0.3, -0.25) is 0 Å². The van der Waals surface area contributed by atoms with E-state index >= 15 is 0 Å². The summed E-state index contributed by atoms with van der Waals surface area (Å²) in [6.45, 7) is 4.54. The molecule has 4 rings (SSSR count). The summed E-state index contributed by atoms with van der Waals surface area (Å²) in [5.74, 6) is 0.385. The van der Waals surface area contributed by atoms with Crippen molar-refractivity contribution in [3.05, 3.63) is 52.9 Å². The summed E-state index contributed by atoms with van der Waals surface area (Å²) in [6, 6.07) is 7.99. The maximum absolute atomic E-state index is 11.7. The van der Waals surface area contributed by atoms with Crippen LogP contribution in [0.25, 0.3) is 16.9 Å². The lowest BCUT2D eigenvalue weighted by Gasteiger charge is -2.30. The minimum Gasteiger partial charge on any atom is -0.351 e. The zero-order valence-electron chi connectivity index (χ0n) is 19.6. The summed E-state index contributed by atoms with van der Waals surface area (Å²) < 4.78 is 26.6. The Balaban J connectivity index is 1.53. The lowest BCUT2D eigenvalue weighted by molar-refractivity contribution is 0.331. The van der Waals surface area contributed by atoms with Crippen LogP contribution in [-0.2, 0) is 16.6 Å². The molecule has 2 aromatic heterocycles. The second-order valence-electron chi connectivity index (χ2n) is 8.39. The van der Waals surface area contributed by atoms with Gasteiger partial charge in [-0.2, -0.15) is 10.4 Å². The van der Waals surface area contributed by atoms with Gasteiger partial charge in [-0.05, 0) is 37.1 Å². The molecule has 0 spiro atoms. The highest BCUT2D eigenvalue weighted by Crippen LogP contribution is 2.27. The second-order valence-corrected chi connectivity index (χ2v) is 10.8. The van der Waals surface area contributed by atoms with E-state index in [0.29, 0.717) is 53.7 Å². The van der Waals surface area contributed by atoms with E-state index in [1.807, 2.05) is 25.1 Å². The number of sulfonamides is 1. The molecule has 0 radical (unpaired) electrons. The van der Waals surface area contributed by atoms with Gasteiger partial charge >= 0.3 is 0 Å². The molecule has 35 heavy (non-hydrogen) atoms. The molecule has 1 aromatic carbocycles. The summed E-state index contributed by atoms with van der Waals surface area (Å²) in [5, 5.41) is 21.2. The number of anilines is 1. The predicted molar refractivity (Wildman–Crippen MR) is 135 cm³/mol. The fourth-order valence-corrected chi connectivity index (χ4v) is 5.12. The maximum Gasteiger partial charge on any atom is 0.223 e. The van der Waals surface area contributed by atoms with E-state index in [0.717, 1.165) is 24.3 Å². The van der Waals surface area contributed by atoms with E-state index in [1.165, 1.54) is 16.8 Å². The van der Waals surface area contributed by atoms with Crippen LogP contribution < -0.4 is 10.6 Å². The lowest BCUT2D eigenvalue weighted by Crippen LogP contribution is -2.42. The van der Waals surface area contributed by atoms with Crippen LogP contribution in [-0.4, -0.2) is 64.4 Å². The van der Waals surface area contributed by atoms with Crippen molar-refractivity contribution in [2.24, 2.45) is 0 Å². The van der Waals surface area contributed by atoms with Gasteiger partial charge < -0.3 is 10.6 Å². The summed E-state index contributed by atoms with van der Waals surface area (Å²) >= 11 is 6.51. The van der Waals surface area contributed by atoms with Crippen LogP contribution in [0, 0.1) is 11.3 Å². The smallest absolute Gasteiger partial charge is 0.223 e. The first-order valence-corrected chi connectivity index (χ1v) is 13.5. The van der Waals surface area contributed by atoms with E-state index in [4.69, 9.17) is 11.6 Å². The molecule has 12 heteroatoms. The molecular weight excluding hydrogens is 488 g/mol. The van der Waals surface area contributed by atoms with Gasteiger partial charge in [-0.15, -0.1) is 0 Å². The number of rotatable bonds is 8. The van der Waals surface area contributed by atoms with Crippen LogP contribution in [0.4, 0.5) is 5.95 Å². The largest absolute Gasteiger partial charge is 0.351 e. The molecule has 1 aliphatic heterocycles. The summed E-state index contributed by atoms with van der Waals surface area (Å²) in [5.41, 5.74) is 3.25. The molecular formula is C23H27ClN8O2S. The predicted octanol–water partition coefficient (Wildman–Crippen LogP) is 2.80. The molecule has 0 atom stereocenters. The van der Waals surface area contributed by atoms with Gasteiger partial charge in [0.25, 0.3) is 0 Å². The van der Waals surface area contributed by atoms with Crippen molar-refractivity contribution in [3.8, 4) is 23.0 Å². The summed E-state index contributed by atoms with van der Waals surface area (Å²) in [4.78, 5) is 8.86. The number of aromatic nitrogens is 4. The lowest BCUT2D eigenvalue weighted by atomic mass is 10.1. The molecule has 0 unspecified atom stereocenters. The molecule has 184 valence electrons. The maximum atomic E-state index is 11.7. The average molecular weight is 515 g/mol. The van der Waals surface area contributed by atoms with E-state index in [9.17, 15) is 13.7 Å². The first-order chi connectivity index (χ1) is 16.8. The number of nitrogens with zero attached hydrogens (tertiary/aromatic N) is 6. The van der Waals surface area contributed by atoms with Crippen LogP contribution in [0.2, 0.25) is 5.02 Å². The Morgan fingerprint density at radius 1 is 1.26 bits per heavy atom. The zero-order valence-corrected chi connectivity index (χ0v) is 21.1. The Hall–Kier alpha value is -3.04. The highest BCUT2D eigenvalue weighted by molar-refractivity contribution is 7.88. The van der Waals surface area contributed by atoms with Crippen LogP contribution in [0.15, 0.2) is 36.8 Å². The highest BCUT2D eigenvalue weighted by Gasteiger charge is 2.25. The number of benzene rings is 1. The first kappa shape index (κ1) is 25.1.